The Morgan fingerprint density at radius 1 is 1.32 bits per heavy atom. The van der Waals surface area contributed by atoms with E-state index < -0.39 is 12.0 Å². The van der Waals surface area contributed by atoms with Crippen molar-refractivity contribution >= 4 is 22.9 Å². The molecular formula is C16H16N6O3. The van der Waals surface area contributed by atoms with Gasteiger partial charge in [-0.3, -0.25) is 14.5 Å². The SMILES string of the molecule is COC(=O)C1Cc2nc[nH]c2CN1C(=O)c1cnc2cnn(C)c2c1. The average molecular weight is 340 g/mol. The molecule has 0 aromatic carbocycles. The van der Waals surface area contributed by atoms with Crippen molar-refractivity contribution in [3.05, 3.63) is 41.7 Å². The number of hydrogen-bond donors (Lipinski definition) is 1. The second-order valence-electron chi connectivity index (χ2n) is 5.90. The summed E-state index contributed by atoms with van der Waals surface area (Å²) >= 11 is 0. The van der Waals surface area contributed by atoms with Crippen LogP contribution in [0.1, 0.15) is 21.7 Å². The number of aromatic nitrogens is 5. The van der Waals surface area contributed by atoms with Gasteiger partial charge in [-0.15, -0.1) is 0 Å². The van der Waals surface area contributed by atoms with Gasteiger partial charge in [-0.25, -0.2) is 9.78 Å². The van der Waals surface area contributed by atoms with E-state index in [0.29, 0.717) is 17.5 Å². The van der Waals surface area contributed by atoms with Crippen molar-refractivity contribution in [3.63, 3.8) is 0 Å². The fraction of sp³-hybridized carbons (Fsp3) is 0.312. The largest absolute Gasteiger partial charge is 0.467 e. The number of ether oxygens (including phenoxy) is 1. The van der Waals surface area contributed by atoms with E-state index in [1.807, 2.05) is 0 Å². The second kappa shape index (κ2) is 5.69. The number of imidazole rings is 1. The lowest BCUT2D eigenvalue weighted by Crippen LogP contribution is -2.49. The smallest absolute Gasteiger partial charge is 0.329 e. The molecule has 0 saturated carbocycles. The molecule has 1 N–H and O–H groups in total. The zero-order valence-electron chi connectivity index (χ0n) is 13.8. The van der Waals surface area contributed by atoms with Crippen molar-refractivity contribution in [2.45, 2.75) is 19.0 Å². The molecular weight excluding hydrogens is 324 g/mol. The van der Waals surface area contributed by atoms with Gasteiger partial charge in [0.1, 0.15) is 11.6 Å². The van der Waals surface area contributed by atoms with Gasteiger partial charge in [0, 0.05) is 19.7 Å². The van der Waals surface area contributed by atoms with E-state index >= 15 is 0 Å². The topological polar surface area (TPSA) is 106 Å². The number of nitrogens with one attached hydrogen (secondary N) is 1. The van der Waals surface area contributed by atoms with Crippen LogP contribution in [-0.4, -0.2) is 54.7 Å². The number of carbonyl (C=O) groups excluding carboxylic acids is 2. The number of esters is 1. The predicted octanol–water partition coefficient (Wildman–Crippen LogP) is 0.431. The number of H-pyrrole nitrogens is 1. The summed E-state index contributed by atoms with van der Waals surface area (Å²) in [5.74, 6) is -0.747. The highest BCUT2D eigenvalue weighted by molar-refractivity contribution is 5.99. The number of pyridine rings is 1. The predicted molar refractivity (Wildman–Crippen MR) is 86.5 cm³/mol. The summed E-state index contributed by atoms with van der Waals surface area (Å²) in [7, 11) is 3.10. The van der Waals surface area contributed by atoms with E-state index in [9.17, 15) is 9.59 Å². The van der Waals surface area contributed by atoms with Gasteiger partial charge in [-0.1, -0.05) is 0 Å². The Morgan fingerprint density at radius 3 is 2.96 bits per heavy atom. The number of rotatable bonds is 2. The molecule has 0 saturated heterocycles. The maximum atomic E-state index is 13.1. The highest BCUT2D eigenvalue weighted by atomic mass is 16.5. The molecule has 0 spiro atoms. The molecule has 0 fully saturated rings. The van der Waals surface area contributed by atoms with Crippen molar-refractivity contribution in [1.82, 2.24) is 29.6 Å². The molecule has 1 amide bonds. The number of aromatic amines is 1. The van der Waals surface area contributed by atoms with Crippen LogP contribution in [-0.2, 0) is 29.5 Å². The molecule has 0 aliphatic carbocycles. The van der Waals surface area contributed by atoms with E-state index in [1.54, 1.807) is 30.3 Å². The number of methoxy groups -OCH3 is 1. The van der Waals surface area contributed by atoms with Crippen LogP contribution in [0.3, 0.4) is 0 Å². The molecule has 128 valence electrons. The lowest BCUT2D eigenvalue weighted by Gasteiger charge is -2.33. The quantitative estimate of drug-likeness (QED) is 0.678. The highest BCUT2D eigenvalue weighted by Crippen LogP contribution is 2.24. The Kier molecular flexibility index (Phi) is 3.48. The number of nitrogens with zero attached hydrogens (tertiary/aromatic N) is 5. The minimum Gasteiger partial charge on any atom is -0.467 e. The third kappa shape index (κ3) is 2.44. The Bertz CT molecular complexity index is 975. The van der Waals surface area contributed by atoms with Crippen LogP contribution >= 0.6 is 0 Å². The van der Waals surface area contributed by atoms with Crippen molar-refractivity contribution in [3.8, 4) is 0 Å². The standard InChI is InChI=1S/C16H16N6O3/c1-21-13-3-9(5-17-11(13)6-20-21)15(23)22-7-12-10(18-8-19-12)4-14(22)16(24)25-2/h3,5-6,8,14H,4,7H2,1-2H3,(H,18,19). The first-order valence-corrected chi connectivity index (χ1v) is 7.76. The van der Waals surface area contributed by atoms with Crippen LogP contribution in [0.4, 0.5) is 0 Å². The summed E-state index contributed by atoms with van der Waals surface area (Å²) in [4.78, 5) is 38.2. The Balaban J connectivity index is 1.72. The van der Waals surface area contributed by atoms with Crippen LogP contribution in [0.15, 0.2) is 24.8 Å². The molecule has 4 heterocycles. The third-order valence-corrected chi connectivity index (χ3v) is 4.48. The van der Waals surface area contributed by atoms with Crippen molar-refractivity contribution < 1.29 is 14.3 Å². The number of fused-ring (bicyclic) bond motifs is 2. The fourth-order valence-corrected chi connectivity index (χ4v) is 3.10. The summed E-state index contributed by atoms with van der Waals surface area (Å²) in [5.41, 5.74) is 3.45. The minimum absolute atomic E-state index is 0.261. The van der Waals surface area contributed by atoms with Gasteiger partial charge in [-0.05, 0) is 6.07 Å². The first kappa shape index (κ1) is 15.3. The van der Waals surface area contributed by atoms with Crippen LogP contribution in [0.25, 0.3) is 11.0 Å². The van der Waals surface area contributed by atoms with Gasteiger partial charge in [0.15, 0.2) is 0 Å². The van der Waals surface area contributed by atoms with Crippen molar-refractivity contribution in [1.29, 1.82) is 0 Å². The molecule has 0 bridgehead atoms. The Hall–Kier alpha value is -3.23. The summed E-state index contributed by atoms with van der Waals surface area (Å²) in [6.07, 6.45) is 5.02. The fourth-order valence-electron chi connectivity index (χ4n) is 3.10. The second-order valence-corrected chi connectivity index (χ2v) is 5.90. The van der Waals surface area contributed by atoms with Crippen LogP contribution < -0.4 is 0 Å². The molecule has 9 nitrogen and oxygen atoms in total. The maximum absolute atomic E-state index is 13.1. The molecule has 3 aromatic rings. The summed E-state index contributed by atoms with van der Waals surface area (Å²) in [5, 5.41) is 4.13. The van der Waals surface area contributed by atoms with Crippen molar-refractivity contribution in [2.75, 3.05) is 7.11 Å². The Morgan fingerprint density at radius 2 is 2.16 bits per heavy atom. The maximum Gasteiger partial charge on any atom is 0.329 e. The summed E-state index contributed by atoms with van der Waals surface area (Å²) in [6, 6.07) is 1.02. The highest BCUT2D eigenvalue weighted by Gasteiger charge is 2.37. The van der Waals surface area contributed by atoms with E-state index in [-0.39, 0.29) is 12.5 Å². The molecule has 9 heteroatoms. The summed E-state index contributed by atoms with van der Waals surface area (Å²) < 4.78 is 6.53. The number of amides is 1. The normalized spacial score (nSPS) is 16.7. The lowest BCUT2D eigenvalue weighted by atomic mass is 10.0. The molecule has 1 unspecified atom stereocenters. The number of hydrogen-bond acceptors (Lipinski definition) is 6. The molecule has 0 radical (unpaired) electrons. The van der Waals surface area contributed by atoms with Gasteiger partial charge in [-0.2, -0.15) is 5.10 Å². The van der Waals surface area contributed by atoms with Crippen molar-refractivity contribution in [2.24, 2.45) is 7.05 Å². The number of aryl methyl sites for hydroxylation is 1. The molecule has 1 atom stereocenters. The van der Waals surface area contributed by atoms with Crippen LogP contribution in [0, 0.1) is 0 Å². The average Bonchev–Trinajstić information content (AvgIpc) is 3.25. The first-order valence-electron chi connectivity index (χ1n) is 7.76. The molecule has 3 aromatic heterocycles. The zero-order chi connectivity index (χ0) is 17.6. The third-order valence-electron chi connectivity index (χ3n) is 4.48. The number of carbonyl (C=O) groups is 2. The summed E-state index contributed by atoms with van der Waals surface area (Å²) in [6.45, 7) is 0.261. The monoisotopic (exact) mass is 340 g/mol. The molecule has 4 rings (SSSR count). The van der Waals surface area contributed by atoms with Gasteiger partial charge in [0.25, 0.3) is 5.91 Å². The molecule has 25 heavy (non-hydrogen) atoms. The van der Waals surface area contributed by atoms with E-state index in [4.69, 9.17) is 4.74 Å². The van der Waals surface area contributed by atoms with Gasteiger partial charge in [0.2, 0.25) is 0 Å². The van der Waals surface area contributed by atoms with Gasteiger partial charge in [0.05, 0.1) is 48.6 Å². The first-order chi connectivity index (χ1) is 12.1. The molecule has 1 aliphatic heterocycles. The Labute approximate surface area is 142 Å². The van der Waals surface area contributed by atoms with E-state index in [0.717, 1.165) is 16.9 Å². The van der Waals surface area contributed by atoms with Crippen LogP contribution in [0.5, 0.6) is 0 Å². The lowest BCUT2D eigenvalue weighted by molar-refractivity contribution is -0.146. The molecule has 1 aliphatic rings. The van der Waals surface area contributed by atoms with Gasteiger partial charge >= 0.3 is 5.97 Å². The zero-order valence-corrected chi connectivity index (χ0v) is 13.8. The van der Waals surface area contributed by atoms with E-state index in [2.05, 4.69) is 20.1 Å². The van der Waals surface area contributed by atoms with E-state index in [1.165, 1.54) is 18.2 Å². The minimum atomic E-state index is -0.712. The van der Waals surface area contributed by atoms with Crippen LogP contribution in [0.2, 0.25) is 0 Å². The van der Waals surface area contributed by atoms with Gasteiger partial charge < -0.3 is 14.6 Å².